The van der Waals surface area contributed by atoms with Gasteiger partial charge in [0, 0.05) is 22.6 Å². The van der Waals surface area contributed by atoms with Gasteiger partial charge in [0.2, 0.25) is 0 Å². The van der Waals surface area contributed by atoms with Gasteiger partial charge in [0.05, 0.1) is 10.5 Å². The molecule has 0 saturated carbocycles. The number of nitro benzene ring substituents is 1. The number of anilines is 1. The van der Waals surface area contributed by atoms with E-state index in [0.29, 0.717) is 21.9 Å². The molecular weight excluding hydrogens is 354 g/mol. The highest BCUT2D eigenvalue weighted by Gasteiger charge is 2.18. The Hall–Kier alpha value is -3.44. The lowest BCUT2D eigenvalue weighted by molar-refractivity contribution is -0.384. The molecule has 7 nitrogen and oxygen atoms in total. The predicted molar refractivity (Wildman–Crippen MR) is 97.3 cm³/mol. The van der Waals surface area contributed by atoms with Crippen LogP contribution in [-0.2, 0) is 0 Å². The van der Waals surface area contributed by atoms with Gasteiger partial charge in [-0.3, -0.25) is 14.9 Å². The van der Waals surface area contributed by atoms with Gasteiger partial charge >= 0.3 is 0 Å². The summed E-state index contributed by atoms with van der Waals surface area (Å²) in [6.07, 6.45) is 0. The maximum atomic E-state index is 12.4. The fourth-order valence-corrected chi connectivity index (χ4v) is 3.41. The Morgan fingerprint density at radius 2 is 2.08 bits per heavy atom. The second-order valence-electron chi connectivity index (χ2n) is 5.52. The van der Waals surface area contributed by atoms with Crippen molar-refractivity contribution in [3.05, 3.63) is 68.3 Å². The molecular formula is C18H13N3O4S. The second-order valence-corrected chi connectivity index (χ2v) is 6.75. The van der Waals surface area contributed by atoms with Crippen molar-refractivity contribution in [1.82, 2.24) is 0 Å². The molecule has 8 heteroatoms. The van der Waals surface area contributed by atoms with Gasteiger partial charge < -0.3 is 9.73 Å². The van der Waals surface area contributed by atoms with Crippen LogP contribution < -0.4 is 5.32 Å². The van der Waals surface area contributed by atoms with Gasteiger partial charge in [0.25, 0.3) is 11.6 Å². The summed E-state index contributed by atoms with van der Waals surface area (Å²) in [5.74, 6) is -0.0866. The number of non-ortho nitro benzene ring substituents is 1. The Balaban J connectivity index is 1.85. The van der Waals surface area contributed by atoms with Crippen molar-refractivity contribution in [3.63, 3.8) is 0 Å². The third kappa shape index (κ3) is 3.20. The zero-order chi connectivity index (χ0) is 18.8. The SMILES string of the molecule is Cc1sc(NC(=O)c2ccc(-c3cccc([N+](=O)[O-])c3)o2)c(C#N)c1C. The minimum atomic E-state index is -0.495. The lowest BCUT2D eigenvalue weighted by Gasteiger charge is -2.01. The summed E-state index contributed by atoms with van der Waals surface area (Å²) < 4.78 is 5.54. The Labute approximate surface area is 152 Å². The number of nitrogens with zero attached hydrogens (tertiary/aromatic N) is 2. The van der Waals surface area contributed by atoms with E-state index in [9.17, 15) is 20.2 Å². The van der Waals surface area contributed by atoms with Crippen molar-refractivity contribution >= 4 is 27.9 Å². The number of carbonyl (C=O) groups excluding carboxylic acids is 1. The van der Waals surface area contributed by atoms with Gasteiger partial charge in [-0.1, -0.05) is 12.1 Å². The van der Waals surface area contributed by atoms with E-state index in [1.165, 1.54) is 29.5 Å². The number of nitrogens with one attached hydrogen (secondary N) is 1. The minimum absolute atomic E-state index is 0.0547. The molecule has 0 radical (unpaired) electrons. The first kappa shape index (κ1) is 17.4. The minimum Gasteiger partial charge on any atom is -0.451 e. The van der Waals surface area contributed by atoms with E-state index in [4.69, 9.17) is 4.42 Å². The zero-order valence-electron chi connectivity index (χ0n) is 13.9. The summed E-state index contributed by atoms with van der Waals surface area (Å²) in [5, 5.41) is 23.3. The van der Waals surface area contributed by atoms with Gasteiger partial charge in [-0.05, 0) is 31.5 Å². The van der Waals surface area contributed by atoms with Crippen LogP contribution in [0.3, 0.4) is 0 Å². The largest absolute Gasteiger partial charge is 0.451 e. The fraction of sp³-hybridized carbons (Fsp3) is 0.111. The molecule has 1 amide bonds. The molecule has 0 atom stereocenters. The van der Waals surface area contributed by atoms with E-state index in [1.54, 1.807) is 18.2 Å². The molecule has 2 heterocycles. The lowest BCUT2D eigenvalue weighted by Crippen LogP contribution is -2.10. The van der Waals surface area contributed by atoms with Crippen molar-refractivity contribution in [3.8, 4) is 17.4 Å². The third-order valence-electron chi connectivity index (χ3n) is 3.90. The Kier molecular flexibility index (Phi) is 4.56. The number of hydrogen-bond acceptors (Lipinski definition) is 6. The average Bonchev–Trinajstić information content (AvgIpc) is 3.21. The van der Waals surface area contributed by atoms with Crippen LogP contribution >= 0.6 is 11.3 Å². The highest BCUT2D eigenvalue weighted by molar-refractivity contribution is 7.16. The molecule has 130 valence electrons. The number of nitriles is 1. The van der Waals surface area contributed by atoms with Crippen LogP contribution in [0, 0.1) is 35.3 Å². The topological polar surface area (TPSA) is 109 Å². The number of carbonyl (C=O) groups is 1. The summed E-state index contributed by atoms with van der Waals surface area (Å²) in [4.78, 5) is 23.7. The predicted octanol–water partition coefficient (Wildman–Crippen LogP) is 4.66. The summed E-state index contributed by atoms with van der Waals surface area (Å²) in [7, 11) is 0. The molecule has 0 aliphatic carbocycles. The van der Waals surface area contributed by atoms with E-state index in [-0.39, 0.29) is 11.4 Å². The van der Waals surface area contributed by atoms with E-state index < -0.39 is 10.8 Å². The number of benzene rings is 1. The highest BCUT2D eigenvalue weighted by atomic mass is 32.1. The van der Waals surface area contributed by atoms with Crippen LogP contribution in [0.25, 0.3) is 11.3 Å². The Bertz CT molecular complexity index is 1060. The molecule has 3 aromatic rings. The Morgan fingerprint density at radius 1 is 1.31 bits per heavy atom. The molecule has 0 aliphatic rings. The Morgan fingerprint density at radius 3 is 2.77 bits per heavy atom. The summed E-state index contributed by atoms with van der Waals surface area (Å²) in [6.45, 7) is 3.71. The normalized spacial score (nSPS) is 10.3. The maximum absolute atomic E-state index is 12.4. The van der Waals surface area contributed by atoms with Crippen molar-refractivity contribution < 1.29 is 14.1 Å². The third-order valence-corrected chi connectivity index (χ3v) is 5.02. The molecule has 0 aliphatic heterocycles. The van der Waals surface area contributed by atoms with Gasteiger partial charge in [0.15, 0.2) is 5.76 Å². The van der Waals surface area contributed by atoms with Crippen molar-refractivity contribution in [2.75, 3.05) is 5.32 Å². The molecule has 1 aromatic carbocycles. The molecule has 0 unspecified atom stereocenters. The van der Waals surface area contributed by atoms with Crippen molar-refractivity contribution in [2.45, 2.75) is 13.8 Å². The first-order valence-electron chi connectivity index (χ1n) is 7.57. The molecule has 0 fully saturated rings. The van der Waals surface area contributed by atoms with E-state index in [0.717, 1.165) is 10.4 Å². The number of thiophene rings is 1. The number of rotatable bonds is 4. The van der Waals surface area contributed by atoms with E-state index in [2.05, 4.69) is 11.4 Å². The highest BCUT2D eigenvalue weighted by Crippen LogP contribution is 2.32. The molecule has 0 bridgehead atoms. The first-order chi connectivity index (χ1) is 12.4. The van der Waals surface area contributed by atoms with Crippen LogP contribution in [0.5, 0.6) is 0 Å². The quantitative estimate of drug-likeness (QED) is 0.533. The van der Waals surface area contributed by atoms with Gasteiger partial charge in [-0.25, -0.2) is 0 Å². The molecule has 26 heavy (non-hydrogen) atoms. The number of hydrogen-bond donors (Lipinski definition) is 1. The molecule has 0 spiro atoms. The molecule has 1 N–H and O–H groups in total. The molecule has 0 saturated heterocycles. The van der Waals surface area contributed by atoms with Gasteiger partial charge in [0.1, 0.15) is 16.8 Å². The maximum Gasteiger partial charge on any atom is 0.292 e. The number of aryl methyl sites for hydroxylation is 1. The second kappa shape index (κ2) is 6.82. The molecule has 3 rings (SSSR count). The van der Waals surface area contributed by atoms with Gasteiger partial charge in [-0.15, -0.1) is 11.3 Å². The fourth-order valence-electron chi connectivity index (χ4n) is 2.40. The average molecular weight is 367 g/mol. The summed E-state index contributed by atoms with van der Waals surface area (Å²) >= 11 is 1.33. The zero-order valence-corrected chi connectivity index (χ0v) is 14.7. The lowest BCUT2D eigenvalue weighted by atomic mass is 10.1. The van der Waals surface area contributed by atoms with Crippen molar-refractivity contribution in [1.29, 1.82) is 5.26 Å². The van der Waals surface area contributed by atoms with E-state index in [1.807, 2.05) is 13.8 Å². The summed E-state index contributed by atoms with van der Waals surface area (Å²) in [6, 6.07) is 11.1. The van der Waals surface area contributed by atoms with Gasteiger partial charge in [-0.2, -0.15) is 5.26 Å². The monoisotopic (exact) mass is 367 g/mol. The van der Waals surface area contributed by atoms with Crippen LogP contribution in [0.15, 0.2) is 40.8 Å². The van der Waals surface area contributed by atoms with Crippen LogP contribution in [0.2, 0.25) is 0 Å². The standard InChI is InChI=1S/C18H13N3O4S/c1-10-11(2)26-18(14(10)9-19)20-17(22)16-7-6-15(25-16)12-4-3-5-13(8-12)21(23)24/h3-8H,1-2H3,(H,20,22). The van der Waals surface area contributed by atoms with E-state index >= 15 is 0 Å². The first-order valence-corrected chi connectivity index (χ1v) is 8.38. The number of nitro groups is 1. The summed E-state index contributed by atoms with van der Waals surface area (Å²) in [5.41, 5.74) is 1.71. The molecule has 2 aromatic heterocycles. The van der Waals surface area contributed by atoms with Crippen LogP contribution in [0.4, 0.5) is 10.7 Å². The van der Waals surface area contributed by atoms with Crippen LogP contribution in [0.1, 0.15) is 26.6 Å². The number of amides is 1. The number of furan rings is 1. The van der Waals surface area contributed by atoms with Crippen LogP contribution in [-0.4, -0.2) is 10.8 Å². The smallest absolute Gasteiger partial charge is 0.292 e. The van der Waals surface area contributed by atoms with Crippen molar-refractivity contribution in [2.24, 2.45) is 0 Å².